The average Bonchev–Trinajstić information content (AvgIpc) is 2.87. The van der Waals surface area contributed by atoms with Gasteiger partial charge in [-0.05, 0) is 30.5 Å². The monoisotopic (exact) mass is 261 g/mol. The Kier molecular flexibility index (Phi) is 4.28. The maximum absolute atomic E-state index is 13.2. The molecule has 0 aliphatic carbocycles. The minimum atomic E-state index is -0.906. The molecule has 3 unspecified atom stereocenters. The van der Waals surface area contributed by atoms with Crippen molar-refractivity contribution >= 4 is 5.78 Å². The number of ketones is 1. The van der Waals surface area contributed by atoms with Gasteiger partial charge in [0.05, 0.1) is 12.2 Å². The van der Waals surface area contributed by atoms with Gasteiger partial charge in [-0.15, -0.1) is 0 Å². The van der Waals surface area contributed by atoms with Crippen LogP contribution in [0.2, 0.25) is 0 Å². The third-order valence-electron chi connectivity index (χ3n) is 3.57. The first-order valence-electron chi connectivity index (χ1n) is 6.47. The number of ether oxygens (including phenoxy) is 1. The van der Waals surface area contributed by atoms with Gasteiger partial charge in [-0.25, -0.2) is 4.39 Å². The molecule has 0 spiro atoms. The lowest BCUT2D eigenvalue weighted by molar-refractivity contribution is -0.124. The fraction of sp³-hybridized carbons (Fsp3) is 0.467. The highest BCUT2D eigenvalue weighted by molar-refractivity contribution is 5.91. The molecular formula is C15H16FNO2. The molecule has 1 heterocycles. The Balaban J connectivity index is 2.23. The maximum Gasteiger partial charge on any atom is 0.160 e. The fourth-order valence-corrected chi connectivity index (χ4v) is 2.58. The van der Waals surface area contributed by atoms with Crippen molar-refractivity contribution in [2.45, 2.75) is 31.8 Å². The smallest absolute Gasteiger partial charge is 0.160 e. The van der Waals surface area contributed by atoms with Gasteiger partial charge < -0.3 is 4.74 Å². The molecule has 1 saturated heterocycles. The summed E-state index contributed by atoms with van der Waals surface area (Å²) in [5.74, 6) is -1.74. The second kappa shape index (κ2) is 5.94. The van der Waals surface area contributed by atoms with E-state index < -0.39 is 11.7 Å². The lowest BCUT2D eigenvalue weighted by Gasteiger charge is -2.18. The summed E-state index contributed by atoms with van der Waals surface area (Å²) in [6.45, 7) is 2.51. The molecule has 1 fully saturated rings. The number of Topliss-reactive ketones (excluding diaryl/α,β-unsaturated/α-hetero) is 1. The van der Waals surface area contributed by atoms with E-state index in [4.69, 9.17) is 4.74 Å². The maximum atomic E-state index is 13.2. The van der Waals surface area contributed by atoms with E-state index in [-0.39, 0.29) is 17.8 Å². The number of rotatable bonds is 4. The van der Waals surface area contributed by atoms with Crippen molar-refractivity contribution in [3.8, 4) is 6.07 Å². The van der Waals surface area contributed by atoms with Gasteiger partial charge in [0, 0.05) is 12.5 Å². The second-order valence-corrected chi connectivity index (χ2v) is 4.73. The largest absolute Gasteiger partial charge is 0.377 e. The van der Waals surface area contributed by atoms with Crippen molar-refractivity contribution in [1.29, 1.82) is 5.26 Å². The number of nitriles is 1. The topological polar surface area (TPSA) is 50.1 Å². The van der Waals surface area contributed by atoms with Gasteiger partial charge in [-0.2, -0.15) is 5.26 Å². The molecule has 0 N–H and O–H groups in total. The second-order valence-electron chi connectivity index (χ2n) is 4.73. The fourth-order valence-electron chi connectivity index (χ4n) is 2.58. The van der Waals surface area contributed by atoms with Crippen LogP contribution in [-0.2, 0) is 9.53 Å². The van der Waals surface area contributed by atoms with E-state index in [1.54, 1.807) is 6.07 Å². The molecule has 1 aliphatic heterocycles. The first kappa shape index (κ1) is 13.7. The van der Waals surface area contributed by atoms with Crippen molar-refractivity contribution in [2.75, 3.05) is 6.61 Å². The van der Waals surface area contributed by atoms with Gasteiger partial charge >= 0.3 is 0 Å². The van der Waals surface area contributed by atoms with Crippen LogP contribution < -0.4 is 0 Å². The molecule has 0 radical (unpaired) electrons. The molecule has 0 aromatic heterocycles. The third-order valence-corrected chi connectivity index (χ3v) is 3.57. The minimum absolute atomic E-state index is 0.114. The summed E-state index contributed by atoms with van der Waals surface area (Å²) in [6, 6.07) is 7.68. The average molecular weight is 261 g/mol. The van der Waals surface area contributed by atoms with Crippen molar-refractivity contribution in [1.82, 2.24) is 0 Å². The Labute approximate surface area is 112 Å². The Hall–Kier alpha value is -1.73. The molecule has 1 aromatic carbocycles. The van der Waals surface area contributed by atoms with Crippen molar-refractivity contribution in [3.05, 3.63) is 35.6 Å². The highest BCUT2D eigenvalue weighted by Gasteiger charge is 2.37. The van der Waals surface area contributed by atoms with E-state index in [2.05, 4.69) is 0 Å². The number of carbonyl (C=O) groups excluding carboxylic acids is 1. The molecule has 19 heavy (non-hydrogen) atoms. The molecule has 1 aromatic rings. The molecule has 100 valence electrons. The summed E-state index contributed by atoms with van der Waals surface area (Å²) in [6.07, 6.45) is 1.28. The normalized spacial score (nSPS) is 23.8. The van der Waals surface area contributed by atoms with E-state index in [1.165, 1.54) is 18.2 Å². The summed E-state index contributed by atoms with van der Waals surface area (Å²) < 4.78 is 18.7. The predicted octanol–water partition coefficient (Wildman–Crippen LogP) is 2.82. The van der Waals surface area contributed by atoms with Crippen LogP contribution in [0.1, 0.15) is 31.2 Å². The Bertz CT molecular complexity index is 509. The van der Waals surface area contributed by atoms with E-state index >= 15 is 0 Å². The Morgan fingerprint density at radius 2 is 2.42 bits per heavy atom. The summed E-state index contributed by atoms with van der Waals surface area (Å²) in [5.41, 5.74) is 0.425. The van der Waals surface area contributed by atoms with Crippen LogP contribution in [0.15, 0.2) is 24.3 Å². The van der Waals surface area contributed by atoms with Crippen LogP contribution in [0.4, 0.5) is 4.39 Å². The molecule has 0 bridgehead atoms. The van der Waals surface area contributed by atoms with Crippen molar-refractivity contribution in [2.24, 2.45) is 5.92 Å². The van der Waals surface area contributed by atoms with Gasteiger partial charge in [0.25, 0.3) is 0 Å². The third kappa shape index (κ3) is 2.82. The number of hydrogen-bond acceptors (Lipinski definition) is 3. The van der Waals surface area contributed by atoms with E-state index in [1.807, 2.05) is 13.0 Å². The number of halogens is 1. The van der Waals surface area contributed by atoms with Crippen LogP contribution in [0.25, 0.3) is 0 Å². The summed E-state index contributed by atoms with van der Waals surface area (Å²) in [4.78, 5) is 12.4. The zero-order chi connectivity index (χ0) is 13.8. The number of carbonyl (C=O) groups is 1. The lowest BCUT2D eigenvalue weighted by Crippen LogP contribution is -2.28. The van der Waals surface area contributed by atoms with E-state index in [9.17, 15) is 14.4 Å². The predicted molar refractivity (Wildman–Crippen MR) is 67.9 cm³/mol. The van der Waals surface area contributed by atoms with Crippen LogP contribution in [0.5, 0.6) is 0 Å². The zero-order valence-electron chi connectivity index (χ0n) is 10.8. The Morgan fingerprint density at radius 3 is 3.05 bits per heavy atom. The molecule has 3 nitrogen and oxygen atoms in total. The van der Waals surface area contributed by atoms with E-state index in [0.717, 1.165) is 6.42 Å². The molecule has 1 aliphatic rings. The first-order valence-corrected chi connectivity index (χ1v) is 6.47. The van der Waals surface area contributed by atoms with Crippen LogP contribution in [0.3, 0.4) is 0 Å². The molecular weight excluding hydrogens is 245 g/mol. The van der Waals surface area contributed by atoms with Gasteiger partial charge in [0.1, 0.15) is 11.7 Å². The van der Waals surface area contributed by atoms with Crippen LogP contribution >= 0.6 is 0 Å². The number of hydrogen-bond donors (Lipinski definition) is 0. The highest BCUT2D eigenvalue weighted by Crippen LogP contribution is 2.30. The Morgan fingerprint density at radius 1 is 1.63 bits per heavy atom. The van der Waals surface area contributed by atoms with E-state index in [0.29, 0.717) is 18.6 Å². The molecule has 0 saturated carbocycles. The number of benzene rings is 1. The van der Waals surface area contributed by atoms with Gasteiger partial charge in [-0.1, -0.05) is 19.1 Å². The first-order chi connectivity index (χ1) is 9.17. The summed E-state index contributed by atoms with van der Waals surface area (Å²) >= 11 is 0. The van der Waals surface area contributed by atoms with Gasteiger partial charge in [-0.3, -0.25) is 4.79 Å². The zero-order valence-corrected chi connectivity index (χ0v) is 10.8. The highest BCUT2D eigenvalue weighted by atomic mass is 19.1. The van der Waals surface area contributed by atoms with Crippen LogP contribution in [-0.4, -0.2) is 18.5 Å². The SMILES string of the molecule is CCC1OCCC1C(=O)C(C#N)c1cccc(F)c1. The molecule has 2 rings (SSSR count). The van der Waals surface area contributed by atoms with Crippen molar-refractivity contribution in [3.63, 3.8) is 0 Å². The molecule has 4 heteroatoms. The number of nitrogens with zero attached hydrogens (tertiary/aromatic N) is 1. The summed E-state index contributed by atoms with van der Waals surface area (Å²) in [5, 5.41) is 9.23. The lowest BCUT2D eigenvalue weighted by atomic mass is 9.84. The molecule has 3 atom stereocenters. The minimum Gasteiger partial charge on any atom is -0.377 e. The summed E-state index contributed by atoms with van der Waals surface area (Å²) in [7, 11) is 0. The molecule has 0 amide bonds. The van der Waals surface area contributed by atoms with Gasteiger partial charge in [0.2, 0.25) is 0 Å². The van der Waals surface area contributed by atoms with Crippen molar-refractivity contribution < 1.29 is 13.9 Å². The standard InChI is InChI=1S/C15H16FNO2/c1-2-14-12(6-7-19-14)15(18)13(9-17)10-4-3-5-11(16)8-10/h3-5,8,12-14H,2,6-7H2,1H3. The van der Waals surface area contributed by atoms with Crippen LogP contribution in [0, 0.1) is 23.1 Å². The van der Waals surface area contributed by atoms with Gasteiger partial charge in [0.15, 0.2) is 5.78 Å². The quantitative estimate of drug-likeness (QED) is 0.837.